The van der Waals surface area contributed by atoms with Crippen LogP contribution in [0.4, 0.5) is 0 Å². The van der Waals surface area contributed by atoms with Gasteiger partial charge < -0.3 is 9.47 Å². The van der Waals surface area contributed by atoms with Gasteiger partial charge in [-0.05, 0) is 41.5 Å². The number of ether oxygens (including phenoxy) is 2. The van der Waals surface area contributed by atoms with E-state index in [0.29, 0.717) is 16.9 Å². The maximum absolute atomic E-state index is 12.8. The lowest BCUT2D eigenvalue weighted by atomic mass is 9.98. The molecule has 0 amide bonds. The Hall–Kier alpha value is -2.27. The fraction of sp³-hybridized carbons (Fsp3) is 0.222. The summed E-state index contributed by atoms with van der Waals surface area (Å²) in [5.41, 5.74) is 3.19. The van der Waals surface area contributed by atoms with Gasteiger partial charge in [-0.15, -0.1) is 11.8 Å². The Morgan fingerprint density at radius 2 is 1.91 bits per heavy atom. The second kappa shape index (κ2) is 6.46. The number of hydrogen-bond donors (Lipinski definition) is 0. The van der Waals surface area contributed by atoms with Gasteiger partial charge in [-0.2, -0.15) is 0 Å². The van der Waals surface area contributed by atoms with Crippen LogP contribution >= 0.6 is 11.8 Å². The van der Waals surface area contributed by atoms with Gasteiger partial charge in [0.25, 0.3) is 0 Å². The van der Waals surface area contributed by atoms with Crippen LogP contribution in [0.2, 0.25) is 0 Å². The smallest absolute Gasteiger partial charge is 0.309 e. The topological polar surface area (TPSA) is 52.6 Å². The van der Waals surface area contributed by atoms with Crippen LogP contribution in [0.5, 0.6) is 5.75 Å². The summed E-state index contributed by atoms with van der Waals surface area (Å²) in [4.78, 5) is 25.1. The first-order chi connectivity index (χ1) is 11.1. The molecule has 0 spiro atoms. The summed E-state index contributed by atoms with van der Waals surface area (Å²) in [5, 5.41) is 0. The second-order valence-electron chi connectivity index (χ2n) is 5.22. The van der Waals surface area contributed by atoms with Gasteiger partial charge in [0.15, 0.2) is 5.78 Å². The molecule has 23 heavy (non-hydrogen) atoms. The molecule has 1 aliphatic rings. The fourth-order valence-corrected chi connectivity index (χ4v) is 3.66. The van der Waals surface area contributed by atoms with Gasteiger partial charge in [0.05, 0.1) is 20.6 Å². The summed E-state index contributed by atoms with van der Waals surface area (Å²) in [6.45, 7) is 0. The predicted octanol–water partition coefficient (Wildman–Crippen LogP) is 3.25. The fourth-order valence-electron chi connectivity index (χ4n) is 2.56. The number of benzene rings is 2. The van der Waals surface area contributed by atoms with Crippen molar-refractivity contribution in [3.8, 4) is 5.75 Å². The van der Waals surface area contributed by atoms with Gasteiger partial charge in [-0.1, -0.05) is 6.07 Å². The maximum atomic E-state index is 12.8. The molecule has 0 bridgehead atoms. The lowest BCUT2D eigenvalue weighted by Gasteiger charge is -2.07. The molecular weight excluding hydrogens is 312 g/mol. The van der Waals surface area contributed by atoms with E-state index in [2.05, 4.69) is 0 Å². The Labute approximate surface area is 138 Å². The average Bonchev–Trinajstić information content (AvgIpc) is 2.71. The molecular formula is C18H16O4S. The van der Waals surface area contributed by atoms with Crippen molar-refractivity contribution in [1.29, 1.82) is 0 Å². The van der Waals surface area contributed by atoms with Crippen LogP contribution in [0.25, 0.3) is 0 Å². The zero-order chi connectivity index (χ0) is 16.4. The highest BCUT2D eigenvalue weighted by molar-refractivity contribution is 7.98. The first kappa shape index (κ1) is 15.6. The molecule has 1 heterocycles. The molecule has 2 aromatic carbocycles. The van der Waals surface area contributed by atoms with Crippen LogP contribution in [0.3, 0.4) is 0 Å². The normalized spacial score (nSPS) is 12.9. The minimum absolute atomic E-state index is 0.00673. The van der Waals surface area contributed by atoms with Gasteiger partial charge in [0.1, 0.15) is 5.75 Å². The highest BCUT2D eigenvalue weighted by atomic mass is 32.2. The Balaban J connectivity index is 1.97. The third kappa shape index (κ3) is 3.10. The van der Waals surface area contributed by atoms with Crippen molar-refractivity contribution >= 4 is 23.5 Å². The molecule has 5 heteroatoms. The molecule has 2 aromatic rings. The highest BCUT2D eigenvalue weighted by Gasteiger charge is 2.22. The van der Waals surface area contributed by atoms with E-state index in [4.69, 9.17) is 9.47 Å². The monoisotopic (exact) mass is 328 g/mol. The number of ketones is 1. The van der Waals surface area contributed by atoms with E-state index in [0.717, 1.165) is 21.8 Å². The summed E-state index contributed by atoms with van der Waals surface area (Å²) in [5.74, 6) is 1.15. The third-order valence-corrected chi connectivity index (χ3v) is 4.91. The Bertz CT molecular complexity index is 783. The lowest BCUT2D eigenvalue weighted by Crippen LogP contribution is -2.07. The van der Waals surface area contributed by atoms with Crippen LogP contribution in [0.1, 0.15) is 27.0 Å². The predicted molar refractivity (Wildman–Crippen MR) is 88.1 cm³/mol. The number of rotatable bonds is 3. The van der Waals surface area contributed by atoms with Crippen molar-refractivity contribution in [2.24, 2.45) is 0 Å². The SMILES string of the molecule is COC(=O)Cc1ccc2c(c1)SCc1cc(OC)ccc1C2=O. The van der Waals surface area contributed by atoms with Gasteiger partial charge in [-0.3, -0.25) is 9.59 Å². The van der Waals surface area contributed by atoms with Gasteiger partial charge >= 0.3 is 5.97 Å². The van der Waals surface area contributed by atoms with Crippen molar-refractivity contribution in [3.05, 3.63) is 58.7 Å². The van der Waals surface area contributed by atoms with Crippen molar-refractivity contribution in [1.82, 2.24) is 0 Å². The summed E-state index contributed by atoms with van der Waals surface area (Å²) in [6, 6.07) is 11.0. The second-order valence-corrected chi connectivity index (χ2v) is 6.24. The van der Waals surface area contributed by atoms with Crippen LogP contribution in [0, 0.1) is 0 Å². The van der Waals surface area contributed by atoms with E-state index >= 15 is 0 Å². The lowest BCUT2D eigenvalue weighted by molar-refractivity contribution is -0.139. The summed E-state index contributed by atoms with van der Waals surface area (Å²) < 4.78 is 9.93. The van der Waals surface area contributed by atoms with Crippen molar-refractivity contribution in [2.45, 2.75) is 17.1 Å². The van der Waals surface area contributed by atoms with E-state index in [-0.39, 0.29) is 18.2 Å². The maximum Gasteiger partial charge on any atom is 0.309 e. The van der Waals surface area contributed by atoms with Crippen molar-refractivity contribution < 1.29 is 19.1 Å². The number of methoxy groups -OCH3 is 2. The molecule has 1 aliphatic heterocycles. The molecule has 0 N–H and O–H groups in total. The highest BCUT2D eigenvalue weighted by Crippen LogP contribution is 2.35. The van der Waals surface area contributed by atoms with Crippen LogP contribution < -0.4 is 4.74 Å². The molecule has 0 saturated heterocycles. The van der Waals surface area contributed by atoms with Crippen LogP contribution in [-0.4, -0.2) is 26.0 Å². The van der Waals surface area contributed by atoms with Gasteiger partial charge in [0, 0.05) is 21.8 Å². The number of hydrogen-bond acceptors (Lipinski definition) is 5. The van der Waals surface area contributed by atoms with E-state index in [9.17, 15) is 9.59 Å². The summed E-state index contributed by atoms with van der Waals surface area (Å²) >= 11 is 1.60. The Kier molecular flexibility index (Phi) is 4.39. The third-order valence-electron chi connectivity index (χ3n) is 3.81. The quantitative estimate of drug-likeness (QED) is 0.810. The van der Waals surface area contributed by atoms with Gasteiger partial charge in [0.2, 0.25) is 0 Å². The summed E-state index contributed by atoms with van der Waals surface area (Å²) in [6.07, 6.45) is 0.208. The van der Waals surface area contributed by atoms with Crippen molar-refractivity contribution in [2.75, 3.05) is 14.2 Å². The molecule has 0 fully saturated rings. The van der Waals surface area contributed by atoms with E-state index in [1.807, 2.05) is 24.3 Å². The van der Waals surface area contributed by atoms with E-state index in [1.54, 1.807) is 31.0 Å². The average molecular weight is 328 g/mol. The van der Waals surface area contributed by atoms with Gasteiger partial charge in [-0.25, -0.2) is 0 Å². The molecule has 0 radical (unpaired) electrons. The molecule has 0 atom stereocenters. The molecule has 0 aliphatic carbocycles. The number of thioether (sulfide) groups is 1. The van der Waals surface area contributed by atoms with Crippen LogP contribution in [-0.2, 0) is 21.7 Å². The van der Waals surface area contributed by atoms with Crippen LogP contribution in [0.15, 0.2) is 41.3 Å². The van der Waals surface area contributed by atoms with Crippen molar-refractivity contribution in [3.63, 3.8) is 0 Å². The number of esters is 1. The summed E-state index contributed by atoms with van der Waals surface area (Å²) in [7, 11) is 2.98. The molecule has 0 unspecified atom stereocenters. The standard InChI is InChI=1S/C18H16O4S/c1-21-13-4-6-14-12(9-13)10-23-16-7-11(8-17(19)22-2)3-5-15(16)18(14)20/h3-7,9H,8,10H2,1-2H3. The molecule has 0 aromatic heterocycles. The molecule has 118 valence electrons. The largest absolute Gasteiger partial charge is 0.497 e. The first-order valence-corrected chi connectivity index (χ1v) is 8.15. The zero-order valence-corrected chi connectivity index (χ0v) is 13.7. The molecule has 0 saturated carbocycles. The number of carbonyl (C=O) groups is 2. The Morgan fingerprint density at radius 3 is 2.65 bits per heavy atom. The van der Waals surface area contributed by atoms with E-state index in [1.165, 1.54) is 7.11 Å². The van der Waals surface area contributed by atoms with E-state index < -0.39 is 0 Å². The minimum atomic E-state index is -0.289. The zero-order valence-electron chi connectivity index (χ0n) is 12.9. The number of carbonyl (C=O) groups excluding carboxylic acids is 2. The molecule has 3 rings (SSSR count). The number of fused-ring (bicyclic) bond motifs is 2. The molecule has 4 nitrogen and oxygen atoms in total. The minimum Gasteiger partial charge on any atom is -0.497 e. The Morgan fingerprint density at radius 1 is 1.13 bits per heavy atom. The first-order valence-electron chi connectivity index (χ1n) is 7.16.